The first-order valence-corrected chi connectivity index (χ1v) is 18.4. The first kappa shape index (κ1) is 33.2. The second-order valence-electron chi connectivity index (χ2n) is 11.9. The van der Waals surface area contributed by atoms with E-state index in [2.05, 4.69) is 120 Å². The fourth-order valence-electron chi connectivity index (χ4n) is 5.57. The Kier molecular flexibility index (Phi) is 12.1. The number of hydrogen-bond acceptors (Lipinski definition) is 7. The van der Waals surface area contributed by atoms with Gasteiger partial charge in [-0.1, -0.05) is 70.7 Å². The van der Waals surface area contributed by atoms with E-state index in [9.17, 15) is 0 Å². The number of allylic oxidation sites excluding steroid dienone is 9. The lowest BCUT2D eigenvalue weighted by molar-refractivity contribution is -0.449. The van der Waals surface area contributed by atoms with Crippen LogP contribution in [-0.4, -0.2) is 92.4 Å². The Morgan fingerprint density at radius 2 is 2.02 bits per heavy atom. The van der Waals surface area contributed by atoms with Gasteiger partial charge in [0.2, 0.25) is 0 Å². The minimum Gasteiger partial charge on any atom is -0.495 e. The highest BCUT2D eigenvalue weighted by Crippen LogP contribution is 2.36. The number of hydrogen-bond donors (Lipinski definition) is 0. The van der Waals surface area contributed by atoms with Crippen LogP contribution in [0.25, 0.3) is 6.08 Å². The standard InChI is InChI=1S/C37H47N4O2S2/c1-5-30(6-8-32-10-11-34-35(28-32)42-24-21-39(34)3)13-17-38-18-26-44-45-27-23-41-19-14-31(15-20-41)7-9-33-12-16-37(2)36(29-33)43-25-22-40(37)4/h5-14,17,19-20,28-29,31H,1,15-16,18,21-27H2,2-4H3/q+1/b8-6+,9-7+,30-13+,38-17+. The van der Waals surface area contributed by atoms with Crippen LogP contribution in [0.4, 0.5) is 5.69 Å². The summed E-state index contributed by atoms with van der Waals surface area (Å²) in [4.78, 5) is 9.19. The highest BCUT2D eigenvalue weighted by Gasteiger charge is 2.38. The SMILES string of the molecule is C=CC(/C=C/c1ccc2c(c1)OCCN2C)=C\C=N\CCSSCC[N+]1=CCC(/C=C/C2=CCC3(C)C(=C2)OCCN3C)C=C1. The zero-order valence-corrected chi connectivity index (χ0v) is 28.6. The summed E-state index contributed by atoms with van der Waals surface area (Å²) in [7, 11) is 8.10. The number of benzene rings is 1. The molecular formula is C37H47N4O2S2+. The summed E-state index contributed by atoms with van der Waals surface area (Å²) in [6.07, 6.45) is 27.9. The van der Waals surface area contributed by atoms with Crippen LogP contribution in [0, 0.1) is 5.92 Å². The van der Waals surface area contributed by atoms with Crippen molar-refractivity contribution >= 4 is 45.8 Å². The van der Waals surface area contributed by atoms with E-state index in [4.69, 9.17) is 9.47 Å². The highest BCUT2D eigenvalue weighted by molar-refractivity contribution is 8.76. The molecule has 1 fully saturated rings. The molecule has 3 aliphatic heterocycles. The van der Waals surface area contributed by atoms with Gasteiger partial charge in [-0.3, -0.25) is 9.89 Å². The normalized spacial score (nSPS) is 23.8. The molecule has 2 unspecified atom stereocenters. The van der Waals surface area contributed by atoms with Gasteiger partial charge in [0.1, 0.15) is 30.9 Å². The molecule has 0 N–H and O–H groups in total. The maximum Gasteiger partial charge on any atom is 0.165 e. The molecule has 45 heavy (non-hydrogen) atoms. The number of likely N-dealkylation sites (N-methyl/N-ethyl adjacent to an activating group) is 2. The quantitative estimate of drug-likeness (QED) is 0.0745. The van der Waals surface area contributed by atoms with Gasteiger partial charge in [-0.05, 0) is 67.5 Å². The predicted molar refractivity (Wildman–Crippen MR) is 196 cm³/mol. The van der Waals surface area contributed by atoms with Crippen LogP contribution in [0.2, 0.25) is 0 Å². The molecule has 1 aliphatic carbocycles. The van der Waals surface area contributed by atoms with Gasteiger partial charge in [-0.15, -0.1) is 0 Å². The number of aliphatic imine (C=N–C) groups is 1. The van der Waals surface area contributed by atoms with Gasteiger partial charge in [0.15, 0.2) is 12.7 Å². The molecule has 1 aromatic carbocycles. The Balaban J connectivity index is 0.950. The highest BCUT2D eigenvalue weighted by atomic mass is 33.1. The number of anilines is 1. The average Bonchev–Trinajstić information content (AvgIpc) is 3.05. The Labute approximate surface area is 277 Å². The monoisotopic (exact) mass is 643 g/mol. The largest absolute Gasteiger partial charge is 0.495 e. The first-order valence-electron chi connectivity index (χ1n) is 15.9. The molecule has 0 radical (unpaired) electrons. The molecule has 6 nitrogen and oxygen atoms in total. The van der Waals surface area contributed by atoms with E-state index >= 15 is 0 Å². The van der Waals surface area contributed by atoms with Crippen molar-refractivity contribution in [2.24, 2.45) is 10.9 Å². The number of fused-ring (bicyclic) bond motifs is 2. The first-order chi connectivity index (χ1) is 21.9. The van der Waals surface area contributed by atoms with E-state index in [1.54, 1.807) is 0 Å². The Morgan fingerprint density at radius 1 is 1.16 bits per heavy atom. The Bertz CT molecular complexity index is 1450. The third-order valence-electron chi connectivity index (χ3n) is 8.74. The van der Waals surface area contributed by atoms with Crippen LogP contribution >= 0.6 is 21.6 Å². The van der Waals surface area contributed by atoms with Crippen LogP contribution in [-0.2, 0) is 4.74 Å². The Morgan fingerprint density at radius 3 is 2.87 bits per heavy atom. The molecule has 4 aliphatic rings. The van der Waals surface area contributed by atoms with Crippen LogP contribution in [0.1, 0.15) is 25.3 Å². The summed E-state index contributed by atoms with van der Waals surface area (Å²) < 4.78 is 14.2. The summed E-state index contributed by atoms with van der Waals surface area (Å²) in [5, 5.41) is 0. The van der Waals surface area contributed by atoms with E-state index < -0.39 is 0 Å². The predicted octanol–water partition coefficient (Wildman–Crippen LogP) is 7.20. The minimum absolute atomic E-state index is 0.000487. The molecule has 5 rings (SSSR count). The molecule has 1 aromatic rings. The van der Waals surface area contributed by atoms with Crippen LogP contribution in [0.5, 0.6) is 5.75 Å². The van der Waals surface area contributed by atoms with Crippen molar-refractivity contribution < 1.29 is 14.0 Å². The number of morpholine rings is 1. The zero-order chi connectivity index (χ0) is 31.5. The third-order valence-corrected chi connectivity index (χ3v) is 11.1. The molecule has 0 saturated carbocycles. The summed E-state index contributed by atoms with van der Waals surface area (Å²) >= 11 is 0. The van der Waals surface area contributed by atoms with Crippen molar-refractivity contribution in [1.82, 2.24) is 4.90 Å². The zero-order valence-electron chi connectivity index (χ0n) is 26.9. The molecule has 238 valence electrons. The van der Waals surface area contributed by atoms with Crippen LogP contribution < -0.4 is 9.64 Å². The molecule has 2 atom stereocenters. The summed E-state index contributed by atoms with van der Waals surface area (Å²) in [5.41, 5.74) is 4.53. The lowest BCUT2D eigenvalue weighted by Crippen LogP contribution is -2.51. The lowest BCUT2D eigenvalue weighted by atomic mass is 9.85. The summed E-state index contributed by atoms with van der Waals surface area (Å²) in [6, 6.07) is 6.33. The van der Waals surface area contributed by atoms with Crippen molar-refractivity contribution in [2.45, 2.75) is 25.3 Å². The van der Waals surface area contributed by atoms with Crippen molar-refractivity contribution in [3.63, 3.8) is 0 Å². The van der Waals surface area contributed by atoms with E-state index in [1.165, 1.54) is 5.57 Å². The molecule has 0 amide bonds. The molecule has 0 bridgehead atoms. The van der Waals surface area contributed by atoms with Gasteiger partial charge < -0.3 is 14.4 Å². The lowest BCUT2D eigenvalue weighted by Gasteiger charge is -2.45. The Hall–Kier alpha value is -3.20. The molecule has 0 aromatic heterocycles. The molecule has 1 saturated heterocycles. The van der Waals surface area contributed by atoms with Gasteiger partial charge >= 0.3 is 0 Å². The summed E-state index contributed by atoms with van der Waals surface area (Å²) in [6.45, 7) is 11.5. The fourth-order valence-corrected chi connectivity index (χ4v) is 7.42. The second kappa shape index (κ2) is 16.4. The van der Waals surface area contributed by atoms with Crippen LogP contribution in [0.15, 0.2) is 101 Å². The third kappa shape index (κ3) is 9.18. The van der Waals surface area contributed by atoms with E-state index in [0.717, 1.165) is 92.1 Å². The van der Waals surface area contributed by atoms with E-state index in [0.29, 0.717) is 5.92 Å². The maximum atomic E-state index is 6.01. The smallest absolute Gasteiger partial charge is 0.165 e. The van der Waals surface area contributed by atoms with Crippen LogP contribution in [0.3, 0.4) is 0 Å². The molecule has 0 spiro atoms. The van der Waals surface area contributed by atoms with Crippen molar-refractivity contribution in [3.05, 3.63) is 102 Å². The van der Waals surface area contributed by atoms with Gasteiger partial charge in [-0.25, -0.2) is 4.58 Å². The van der Waals surface area contributed by atoms with E-state index in [1.807, 2.05) is 40.0 Å². The topological polar surface area (TPSA) is 40.3 Å². The van der Waals surface area contributed by atoms with Gasteiger partial charge in [0.05, 0.1) is 23.5 Å². The van der Waals surface area contributed by atoms with Crippen molar-refractivity contribution in [3.8, 4) is 5.75 Å². The van der Waals surface area contributed by atoms with Gasteiger partial charge in [0, 0.05) is 44.4 Å². The van der Waals surface area contributed by atoms with Crippen molar-refractivity contribution in [1.29, 1.82) is 0 Å². The number of rotatable bonds is 13. The van der Waals surface area contributed by atoms with Gasteiger partial charge in [-0.2, -0.15) is 0 Å². The minimum atomic E-state index is 0.000487. The number of nitrogens with zero attached hydrogens (tertiary/aromatic N) is 4. The van der Waals surface area contributed by atoms with Crippen molar-refractivity contribution in [2.75, 3.05) is 69.9 Å². The fraction of sp³-hybridized carbons (Fsp3) is 0.405. The second-order valence-corrected chi connectivity index (χ2v) is 14.6. The maximum absolute atomic E-state index is 6.01. The molecular weight excluding hydrogens is 597 g/mol. The molecule has 8 heteroatoms. The number of ether oxygens (including phenoxy) is 2. The summed E-state index contributed by atoms with van der Waals surface area (Å²) in [5.74, 6) is 4.56. The molecule has 3 heterocycles. The van der Waals surface area contributed by atoms with Gasteiger partial charge in [0.25, 0.3) is 0 Å². The van der Waals surface area contributed by atoms with E-state index in [-0.39, 0.29) is 5.54 Å². The average molecular weight is 644 g/mol.